The molecule has 0 atom stereocenters. The van der Waals surface area contributed by atoms with Crippen molar-refractivity contribution >= 4 is 17.4 Å². The molecule has 2 fully saturated rings. The monoisotopic (exact) mass is 251 g/mol. The normalized spacial score (nSPS) is 21.8. The molecule has 17 heavy (non-hydrogen) atoms. The zero-order valence-corrected chi connectivity index (χ0v) is 10.7. The topological polar surface area (TPSA) is 19.4 Å². The molecule has 0 N–H and O–H groups in total. The van der Waals surface area contributed by atoms with E-state index in [0.717, 1.165) is 37.9 Å². The van der Waals surface area contributed by atoms with Crippen LogP contribution in [0.2, 0.25) is 5.15 Å². The van der Waals surface area contributed by atoms with Crippen LogP contribution in [-0.4, -0.2) is 42.6 Å². The van der Waals surface area contributed by atoms with Gasteiger partial charge in [-0.3, -0.25) is 4.90 Å². The van der Waals surface area contributed by atoms with Crippen molar-refractivity contribution in [1.82, 2.24) is 9.88 Å². The number of aromatic nitrogens is 1. The third-order valence-electron chi connectivity index (χ3n) is 3.61. The van der Waals surface area contributed by atoms with E-state index in [4.69, 9.17) is 11.6 Å². The van der Waals surface area contributed by atoms with Crippen molar-refractivity contribution in [2.75, 3.05) is 37.6 Å². The van der Waals surface area contributed by atoms with Crippen LogP contribution in [0.25, 0.3) is 0 Å². The van der Waals surface area contributed by atoms with Crippen LogP contribution in [0.4, 0.5) is 5.82 Å². The second-order valence-electron chi connectivity index (χ2n) is 5.05. The molecule has 4 heteroatoms. The number of hydrogen-bond donors (Lipinski definition) is 0. The maximum absolute atomic E-state index is 5.92. The number of anilines is 1. The lowest BCUT2D eigenvalue weighted by atomic mass is 10.2. The van der Waals surface area contributed by atoms with Crippen LogP contribution in [0, 0.1) is 5.92 Å². The van der Waals surface area contributed by atoms with E-state index in [9.17, 15) is 0 Å². The zero-order valence-electron chi connectivity index (χ0n) is 9.98. The van der Waals surface area contributed by atoms with E-state index in [2.05, 4.69) is 14.8 Å². The van der Waals surface area contributed by atoms with E-state index in [-0.39, 0.29) is 0 Å². The van der Waals surface area contributed by atoms with Gasteiger partial charge in [0.2, 0.25) is 0 Å². The molecule has 92 valence electrons. The molecule has 0 bridgehead atoms. The van der Waals surface area contributed by atoms with Crippen LogP contribution in [0.15, 0.2) is 18.2 Å². The summed E-state index contributed by atoms with van der Waals surface area (Å²) >= 11 is 5.92. The molecule has 0 amide bonds. The molecular formula is C13H18ClN3. The maximum Gasteiger partial charge on any atom is 0.131 e. The van der Waals surface area contributed by atoms with Gasteiger partial charge in [-0.1, -0.05) is 17.7 Å². The predicted octanol–water partition coefficient (Wildman–Crippen LogP) is 2.27. The smallest absolute Gasteiger partial charge is 0.131 e. The number of piperazine rings is 1. The molecule has 1 aromatic rings. The first-order valence-electron chi connectivity index (χ1n) is 6.41. The summed E-state index contributed by atoms with van der Waals surface area (Å²) in [7, 11) is 0. The lowest BCUT2D eigenvalue weighted by Crippen LogP contribution is -2.47. The molecule has 0 unspecified atom stereocenters. The molecule has 2 aliphatic rings. The quantitative estimate of drug-likeness (QED) is 0.769. The van der Waals surface area contributed by atoms with Gasteiger partial charge in [0, 0.05) is 32.7 Å². The third-order valence-corrected chi connectivity index (χ3v) is 3.82. The second kappa shape index (κ2) is 4.83. The highest BCUT2D eigenvalue weighted by atomic mass is 35.5. The van der Waals surface area contributed by atoms with Gasteiger partial charge in [0.15, 0.2) is 0 Å². The summed E-state index contributed by atoms with van der Waals surface area (Å²) in [5.41, 5.74) is 0. The average Bonchev–Trinajstić information content (AvgIpc) is 3.14. The van der Waals surface area contributed by atoms with Crippen LogP contribution in [0.1, 0.15) is 12.8 Å². The lowest BCUT2D eigenvalue weighted by Gasteiger charge is -2.35. The van der Waals surface area contributed by atoms with E-state index >= 15 is 0 Å². The minimum absolute atomic E-state index is 0.586. The van der Waals surface area contributed by atoms with Gasteiger partial charge in [0.25, 0.3) is 0 Å². The fraction of sp³-hybridized carbons (Fsp3) is 0.615. The zero-order chi connectivity index (χ0) is 11.7. The van der Waals surface area contributed by atoms with E-state index in [1.165, 1.54) is 19.4 Å². The van der Waals surface area contributed by atoms with Crippen molar-refractivity contribution in [1.29, 1.82) is 0 Å². The Labute approximate surface area is 107 Å². The van der Waals surface area contributed by atoms with Crippen molar-refractivity contribution in [2.24, 2.45) is 5.92 Å². The minimum atomic E-state index is 0.586. The molecule has 1 saturated heterocycles. The Balaban J connectivity index is 1.56. The van der Waals surface area contributed by atoms with Gasteiger partial charge in [-0.2, -0.15) is 0 Å². The van der Waals surface area contributed by atoms with Gasteiger partial charge in [-0.05, 0) is 30.9 Å². The van der Waals surface area contributed by atoms with Gasteiger partial charge in [-0.25, -0.2) is 4.98 Å². The Kier molecular flexibility index (Phi) is 3.21. The summed E-state index contributed by atoms with van der Waals surface area (Å²) in [6.45, 7) is 5.76. The highest BCUT2D eigenvalue weighted by molar-refractivity contribution is 6.29. The number of nitrogens with zero attached hydrogens (tertiary/aromatic N) is 3. The predicted molar refractivity (Wildman–Crippen MR) is 70.6 cm³/mol. The standard InChI is InChI=1S/C13H18ClN3/c14-12-2-1-3-13(15-12)17-8-6-16(7-9-17)10-11-4-5-11/h1-3,11H,4-10H2. The molecule has 2 heterocycles. The lowest BCUT2D eigenvalue weighted by molar-refractivity contribution is 0.247. The fourth-order valence-corrected chi connectivity index (χ4v) is 2.56. The largest absolute Gasteiger partial charge is 0.354 e. The van der Waals surface area contributed by atoms with Crippen molar-refractivity contribution in [3.05, 3.63) is 23.4 Å². The Morgan fingerprint density at radius 1 is 1.18 bits per heavy atom. The third kappa shape index (κ3) is 2.90. The van der Waals surface area contributed by atoms with Crippen LogP contribution < -0.4 is 4.90 Å². The summed E-state index contributed by atoms with van der Waals surface area (Å²) in [5.74, 6) is 2.01. The van der Waals surface area contributed by atoms with Gasteiger partial charge >= 0.3 is 0 Å². The Hall–Kier alpha value is -0.800. The van der Waals surface area contributed by atoms with E-state index < -0.39 is 0 Å². The first-order valence-corrected chi connectivity index (χ1v) is 6.79. The van der Waals surface area contributed by atoms with Crippen LogP contribution >= 0.6 is 11.6 Å². The molecule has 0 aromatic carbocycles. The Morgan fingerprint density at radius 2 is 1.94 bits per heavy atom. The van der Waals surface area contributed by atoms with E-state index in [1.807, 2.05) is 18.2 Å². The molecule has 1 saturated carbocycles. The van der Waals surface area contributed by atoms with Crippen molar-refractivity contribution in [2.45, 2.75) is 12.8 Å². The second-order valence-corrected chi connectivity index (χ2v) is 5.44. The summed E-state index contributed by atoms with van der Waals surface area (Å²) in [6, 6.07) is 5.85. The number of halogens is 1. The maximum atomic E-state index is 5.92. The van der Waals surface area contributed by atoms with Gasteiger partial charge in [0.05, 0.1) is 0 Å². The Morgan fingerprint density at radius 3 is 2.59 bits per heavy atom. The van der Waals surface area contributed by atoms with Crippen molar-refractivity contribution in [3.8, 4) is 0 Å². The molecule has 1 aliphatic carbocycles. The number of hydrogen-bond acceptors (Lipinski definition) is 3. The van der Waals surface area contributed by atoms with Crippen LogP contribution in [-0.2, 0) is 0 Å². The highest BCUT2D eigenvalue weighted by Gasteiger charge is 2.26. The molecule has 1 aliphatic heterocycles. The molecular weight excluding hydrogens is 234 g/mol. The Bertz CT molecular complexity index is 384. The van der Waals surface area contributed by atoms with E-state index in [0.29, 0.717) is 5.15 Å². The SMILES string of the molecule is Clc1cccc(N2CCN(CC3CC3)CC2)n1. The van der Waals surface area contributed by atoms with Crippen molar-refractivity contribution < 1.29 is 0 Å². The molecule has 0 radical (unpaired) electrons. The first kappa shape index (κ1) is 11.3. The highest BCUT2D eigenvalue weighted by Crippen LogP contribution is 2.30. The molecule has 0 spiro atoms. The number of rotatable bonds is 3. The summed E-state index contributed by atoms with van der Waals surface area (Å²) in [6.07, 6.45) is 2.88. The molecule has 3 rings (SSSR count). The summed E-state index contributed by atoms with van der Waals surface area (Å²) in [4.78, 5) is 9.28. The molecule has 1 aromatic heterocycles. The van der Waals surface area contributed by atoms with Gasteiger partial charge < -0.3 is 4.90 Å². The average molecular weight is 252 g/mol. The first-order chi connectivity index (χ1) is 8.31. The van der Waals surface area contributed by atoms with Crippen LogP contribution in [0.5, 0.6) is 0 Å². The van der Waals surface area contributed by atoms with Crippen LogP contribution in [0.3, 0.4) is 0 Å². The van der Waals surface area contributed by atoms with Crippen molar-refractivity contribution in [3.63, 3.8) is 0 Å². The van der Waals surface area contributed by atoms with Gasteiger partial charge in [0.1, 0.15) is 11.0 Å². The van der Waals surface area contributed by atoms with E-state index in [1.54, 1.807) is 0 Å². The number of pyridine rings is 1. The minimum Gasteiger partial charge on any atom is -0.354 e. The fourth-order valence-electron chi connectivity index (χ4n) is 2.40. The summed E-state index contributed by atoms with van der Waals surface area (Å²) in [5, 5.41) is 0.586. The van der Waals surface area contributed by atoms with Gasteiger partial charge in [-0.15, -0.1) is 0 Å². The molecule has 3 nitrogen and oxygen atoms in total. The summed E-state index contributed by atoms with van der Waals surface area (Å²) < 4.78 is 0.